The van der Waals surface area contributed by atoms with Gasteiger partial charge < -0.3 is 4.74 Å². The van der Waals surface area contributed by atoms with E-state index in [0.29, 0.717) is 6.73 Å². The number of allylic oxidation sites excluding steroid dienone is 2. The Hall–Kier alpha value is -2.03. The van der Waals surface area contributed by atoms with Gasteiger partial charge in [-0.15, -0.1) is 0 Å². The maximum Gasteiger partial charge on any atom is 0.174 e. The summed E-state index contributed by atoms with van der Waals surface area (Å²) in [6, 6.07) is 12.6. The Kier molecular flexibility index (Phi) is 5.16. The van der Waals surface area contributed by atoms with E-state index in [1.807, 2.05) is 24.4 Å². The molecule has 23 heavy (non-hydrogen) atoms. The van der Waals surface area contributed by atoms with Crippen molar-refractivity contribution in [2.75, 3.05) is 7.11 Å². The predicted octanol–water partition coefficient (Wildman–Crippen LogP) is 4.21. The summed E-state index contributed by atoms with van der Waals surface area (Å²) in [6.45, 7) is 0.447. The van der Waals surface area contributed by atoms with Gasteiger partial charge in [-0.2, -0.15) is 5.26 Å². The average Bonchev–Trinajstić information content (AvgIpc) is 2.98. The number of hydrogen-bond donors (Lipinski definition) is 0. The molecule has 1 heterocycles. The molecule has 0 N–H and O–H groups in total. The van der Waals surface area contributed by atoms with E-state index in [1.54, 1.807) is 18.9 Å². The van der Waals surface area contributed by atoms with E-state index in [0.717, 1.165) is 28.6 Å². The molecule has 0 spiro atoms. The van der Waals surface area contributed by atoms with Crippen LogP contribution in [0.15, 0.2) is 58.7 Å². The summed E-state index contributed by atoms with van der Waals surface area (Å²) in [7, 11) is 1.68. The van der Waals surface area contributed by atoms with Gasteiger partial charge in [0.05, 0.1) is 12.0 Å². The third-order valence-corrected chi connectivity index (χ3v) is 5.05. The van der Waals surface area contributed by atoms with Crippen molar-refractivity contribution in [2.24, 2.45) is 5.92 Å². The summed E-state index contributed by atoms with van der Waals surface area (Å²) < 4.78 is 7.46. The highest BCUT2D eigenvalue weighted by Crippen LogP contribution is 2.37. The maximum absolute atomic E-state index is 9.44. The van der Waals surface area contributed by atoms with Gasteiger partial charge >= 0.3 is 0 Å². The lowest BCUT2D eigenvalue weighted by Gasteiger charge is -2.24. The molecule has 0 saturated carbocycles. The van der Waals surface area contributed by atoms with Crippen molar-refractivity contribution >= 4 is 11.8 Å². The van der Waals surface area contributed by atoms with Gasteiger partial charge in [0.1, 0.15) is 6.73 Å². The molecule has 0 amide bonds. The molecule has 2 atom stereocenters. The van der Waals surface area contributed by atoms with Crippen LogP contribution >= 0.6 is 11.8 Å². The van der Waals surface area contributed by atoms with Crippen LogP contribution in [-0.4, -0.2) is 16.7 Å². The lowest BCUT2D eigenvalue weighted by atomic mass is 9.82. The fourth-order valence-electron chi connectivity index (χ4n) is 2.89. The zero-order chi connectivity index (χ0) is 16.1. The van der Waals surface area contributed by atoms with Crippen molar-refractivity contribution < 1.29 is 4.74 Å². The lowest BCUT2D eigenvalue weighted by Crippen LogP contribution is -2.18. The normalized spacial score (nSPS) is 20.3. The summed E-state index contributed by atoms with van der Waals surface area (Å²) in [4.78, 5) is 5.73. The lowest BCUT2D eigenvalue weighted by molar-refractivity contribution is 0.119. The Bertz CT molecular complexity index is 718. The molecule has 0 aliphatic heterocycles. The molecular weight excluding hydrogens is 306 g/mol. The topological polar surface area (TPSA) is 50.8 Å². The highest BCUT2D eigenvalue weighted by atomic mass is 32.2. The summed E-state index contributed by atoms with van der Waals surface area (Å²) in [5.41, 5.74) is 1.08. The van der Waals surface area contributed by atoms with Gasteiger partial charge in [-0.3, -0.25) is 4.57 Å². The molecule has 0 saturated heterocycles. The van der Waals surface area contributed by atoms with Crippen molar-refractivity contribution in [1.29, 1.82) is 5.26 Å². The van der Waals surface area contributed by atoms with E-state index in [4.69, 9.17) is 4.74 Å². The molecule has 118 valence electrons. The molecule has 1 aliphatic carbocycles. The number of rotatable bonds is 5. The van der Waals surface area contributed by atoms with Crippen LogP contribution < -0.4 is 0 Å². The van der Waals surface area contributed by atoms with Gasteiger partial charge in [0.25, 0.3) is 0 Å². The van der Waals surface area contributed by atoms with Crippen LogP contribution in [0.25, 0.3) is 0 Å². The molecule has 3 rings (SSSR count). The second kappa shape index (κ2) is 7.49. The van der Waals surface area contributed by atoms with Crippen LogP contribution in [0.4, 0.5) is 0 Å². The molecule has 1 aliphatic rings. The first-order valence-corrected chi connectivity index (χ1v) is 8.47. The van der Waals surface area contributed by atoms with Crippen molar-refractivity contribution in [1.82, 2.24) is 9.55 Å². The highest BCUT2D eigenvalue weighted by molar-refractivity contribution is 7.99. The summed E-state index contributed by atoms with van der Waals surface area (Å²) in [5.74, 6) is 0.180. The number of nitrogens with zero attached hydrogens (tertiary/aromatic N) is 3. The third-order valence-electron chi connectivity index (χ3n) is 4.04. The zero-order valence-electron chi connectivity index (χ0n) is 13.1. The van der Waals surface area contributed by atoms with Gasteiger partial charge in [0.2, 0.25) is 0 Å². The summed E-state index contributed by atoms with van der Waals surface area (Å²) >= 11 is 1.62. The molecule has 4 nitrogen and oxygen atoms in total. The average molecular weight is 325 g/mol. The Labute approximate surface area is 140 Å². The minimum atomic E-state index is 0.00174. The van der Waals surface area contributed by atoms with E-state index in [1.165, 1.54) is 0 Å². The second-order valence-corrected chi connectivity index (χ2v) is 6.55. The van der Waals surface area contributed by atoms with Crippen molar-refractivity contribution in [3.05, 3.63) is 54.4 Å². The first-order chi connectivity index (χ1) is 11.3. The minimum Gasteiger partial charge on any atom is -0.364 e. The van der Waals surface area contributed by atoms with Gasteiger partial charge in [-0.25, -0.2) is 4.98 Å². The van der Waals surface area contributed by atoms with Gasteiger partial charge in [0.15, 0.2) is 5.16 Å². The van der Waals surface area contributed by atoms with Crippen LogP contribution in [0, 0.1) is 17.2 Å². The predicted molar refractivity (Wildman–Crippen MR) is 90.0 cm³/mol. The molecule has 0 unspecified atom stereocenters. The highest BCUT2D eigenvalue weighted by Gasteiger charge is 2.28. The number of ether oxygens (including phenoxy) is 1. The van der Waals surface area contributed by atoms with Crippen LogP contribution in [-0.2, 0) is 11.5 Å². The third kappa shape index (κ3) is 3.49. The quantitative estimate of drug-likeness (QED) is 0.773. The van der Waals surface area contributed by atoms with E-state index in [2.05, 4.69) is 39.9 Å². The Morgan fingerprint density at radius 1 is 1.30 bits per heavy atom. The molecule has 0 fully saturated rings. The monoisotopic (exact) mass is 325 g/mol. The molecule has 5 heteroatoms. The number of hydrogen-bond acceptors (Lipinski definition) is 4. The van der Waals surface area contributed by atoms with E-state index < -0.39 is 0 Å². The molecule has 2 aromatic rings. The minimum absolute atomic E-state index is 0.00174. The number of imidazole rings is 1. The maximum atomic E-state index is 9.44. The first kappa shape index (κ1) is 15.9. The molecule has 1 aromatic carbocycles. The van der Waals surface area contributed by atoms with Gasteiger partial charge in [-0.05, 0) is 25.0 Å². The van der Waals surface area contributed by atoms with Crippen molar-refractivity contribution in [3.63, 3.8) is 0 Å². The smallest absolute Gasteiger partial charge is 0.174 e. The molecule has 0 radical (unpaired) electrons. The van der Waals surface area contributed by atoms with Crippen LogP contribution in [0.5, 0.6) is 0 Å². The Balaban J connectivity index is 1.92. The second-order valence-electron chi connectivity index (χ2n) is 5.51. The number of nitriles is 1. The van der Waals surface area contributed by atoms with Crippen molar-refractivity contribution in [2.45, 2.75) is 35.5 Å². The number of aromatic nitrogens is 2. The van der Waals surface area contributed by atoms with Crippen molar-refractivity contribution in [3.8, 4) is 6.07 Å². The molecule has 1 aromatic heterocycles. The van der Waals surface area contributed by atoms with E-state index >= 15 is 0 Å². The zero-order valence-corrected chi connectivity index (χ0v) is 13.9. The van der Waals surface area contributed by atoms with Gasteiger partial charge in [0, 0.05) is 29.8 Å². The largest absolute Gasteiger partial charge is 0.364 e. The number of benzene rings is 1. The van der Waals surface area contributed by atoms with Crippen LogP contribution in [0.3, 0.4) is 0 Å². The first-order valence-electron chi connectivity index (χ1n) is 7.65. The molecule has 0 bridgehead atoms. The number of methoxy groups -OCH3 is 1. The summed E-state index contributed by atoms with van der Waals surface area (Å²) in [5, 5.41) is 10.3. The van der Waals surface area contributed by atoms with Gasteiger partial charge in [-0.1, -0.05) is 42.1 Å². The Morgan fingerprint density at radius 3 is 2.83 bits per heavy atom. The standard InChI is InChI=1S/C18H19N3OS/c1-22-13-21-17(16-10-6-5-7-14(16)11-19)12-20-18(21)23-15-8-3-2-4-9-15/h2-6,8-9,12,14,16H,7,10,13H2,1H3/t14-,16+/m1/s1. The van der Waals surface area contributed by atoms with Crippen LogP contribution in [0.1, 0.15) is 24.5 Å². The van der Waals surface area contributed by atoms with E-state index in [-0.39, 0.29) is 11.8 Å². The fourth-order valence-corrected chi connectivity index (χ4v) is 3.76. The summed E-state index contributed by atoms with van der Waals surface area (Å²) in [6.07, 6.45) is 7.84. The molecular formula is C18H19N3OS. The SMILES string of the molecule is COCn1c([C@H]2CC=CC[C@@H]2C#N)cnc1Sc1ccccc1. The Morgan fingerprint density at radius 2 is 2.09 bits per heavy atom. The van der Waals surface area contributed by atoms with Crippen LogP contribution in [0.2, 0.25) is 0 Å². The fraction of sp³-hybridized carbons (Fsp3) is 0.333. The van der Waals surface area contributed by atoms with E-state index in [9.17, 15) is 5.26 Å².